The predicted molar refractivity (Wildman–Crippen MR) is 120 cm³/mol. The van der Waals surface area contributed by atoms with Crippen LogP contribution in [0.1, 0.15) is 34.6 Å². The zero-order chi connectivity index (χ0) is 23.3. The number of hydrogen-bond donors (Lipinski definition) is 1. The average Bonchev–Trinajstić information content (AvgIpc) is 3.49. The molecule has 0 atom stereocenters. The van der Waals surface area contributed by atoms with Crippen LogP contribution >= 0.6 is 0 Å². The van der Waals surface area contributed by atoms with Crippen LogP contribution in [0.5, 0.6) is 5.75 Å². The minimum Gasteiger partial charge on any atom is -0.494 e. The Hall–Kier alpha value is -3.75. The first-order valence-corrected chi connectivity index (χ1v) is 10.8. The lowest BCUT2D eigenvalue weighted by Gasteiger charge is -2.17. The number of nitrogens with one attached hydrogen (secondary N) is 1. The Kier molecular flexibility index (Phi) is 5.11. The van der Waals surface area contributed by atoms with Gasteiger partial charge in [0.05, 0.1) is 53.2 Å². The molecule has 2 aliphatic rings. The largest absolute Gasteiger partial charge is 0.494 e. The Balaban J connectivity index is 1.58. The fraction of sp³-hybridized carbons (Fsp3) is 0.333. The molecular formula is C24H24FN5O3. The molecule has 2 aromatic heterocycles. The van der Waals surface area contributed by atoms with E-state index >= 15 is 0 Å². The third-order valence-electron chi connectivity index (χ3n) is 6.03. The maximum absolute atomic E-state index is 14.8. The lowest BCUT2D eigenvalue weighted by molar-refractivity contribution is -0.119. The zero-order valence-corrected chi connectivity index (χ0v) is 18.7. The van der Waals surface area contributed by atoms with Gasteiger partial charge in [0.15, 0.2) is 5.75 Å². The van der Waals surface area contributed by atoms with E-state index in [2.05, 4.69) is 15.4 Å². The number of methoxy groups -OCH3 is 1. The van der Waals surface area contributed by atoms with Crippen LogP contribution in [0.3, 0.4) is 0 Å². The first-order chi connectivity index (χ1) is 15.9. The van der Waals surface area contributed by atoms with Crippen molar-refractivity contribution in [2.45, 2.75) is 25.8 Å². The van der Waals surface area contributed by atoms with Crippen LogP contribution in [0.15, 0.2) is 30.5 Å². The SMILES string of the molecule is COc1c(Nc2cc(CC(=O)C3CC3)nc3c2C(=O)N(C)C3)ccc(F)c1-c1ccn(C)n1. The Labute approximate surface area is 190 Å². The zero-order valence-electron chi connectivity index (χ0n) is 18.7. The molecule has 8 nitrogen and oxygen atoms in total. The van der Waals surface area contributed by atoms with Crippen molar-refractivity contribution in [1.82, 2.24) is 19.7 Å². The molecule has 0 unspecified atom stereocenters. The van der Waals surface area contributed by atoms with E-state index in [-0.39, 0.29) is 35.3 Å². The smallest absolute Gasteiger partial charge is 0.257 e. The van der Waals surface area contributed by atoms with Gasteiger partial charge in [-0.15, -0.1) is 0 Å². The van der Waals surface area contributed by atoms with E-state index in [1.54, 1.807) is 48.1 Å². The highest BCUT2D eigenvalue weighted by molar-refractivity contribution is 6.04. The summed E-state index contributed by atoms with van der Waals surface area (Å²) in [4.78, 5) is 31.4. The summed E-state index contributed by atoms with van der Waals surface area (Å²) in [7, 11) is 4.92. The Morgan fingerprint density at radius 1 is 1.21 bits per heavy atom. The minimum absolute atomic E-state index is 0.124. The van der Waals surface area contributed by atoms with Crippen molar-refractivity contribution >= 4 is 23.1 Å². The van der Waals surface area contributed by atoms with Crippen LogP contribution in [0.4, 0.5) is 15.8 Å². The molecule has 3 heterocycles. The topological polar surface area (TPSA) is 89.3 Å². The lowest BCUT2D eigenvalue weighted by atomic mass is 10.1. The second-order valence-electron chi connectivity index (χ2n) is 8.56. The molecule has 0 bridgehead atoms. The number of benzene rings is 1. The molecule has 33 heavy (non-hydrogen) atoms. The summed E-state index contributed by atoms with van der Waals surface area (Å²) in [5.74, 6) is -0.0656. The molecule has 3 aromatic rings. The Morgan fingerprint density at radius 2 is 2.00 bits per heavy atom. The number of Topliss-reactive ketones (excluding diaryl/α,β-unsaturated/α-hetero) is 1. The number of carbonyl (C=O) groups excluding carboxylic acids is 2. The predicted octanol–water partition coefficient (Wildman–Crippen LogP) is 3.48. The number of carbonyl (C=O) groups is 2. The van der Waals surface area contributed by atoms with E-state index in [1.165, 1.54) is 13.2 Å². The van der Waals surface area contributed by atoms with Gasteiger partial charge in [0.2, 0.25) is 0 Å². The van der Waals surface area contributed by atoms with Crippen LogP contribution in [-0.4, -0.2) is 45.5 Å². The molecule has 1 N–H and O–H groups in total. The van der Waals surface area contributed by atoms with Gasteiger partial charge < -0.3 is 15.0 Å². The van der Waals surface area contributed by atoms with Crippen molar-refractivity contribution < 1.29 is 18.7 Å². The van der Waals surface area contributed by atoms with Gasteiger partial charge in [-0.2, -0.15) is 5.10 Å². The Bertz CT molecular complexity index is 1280. The van der Waals surface area contributed by atoms with Gasteiger partial charge >= 0.3 is 0 Å². The van der Waals surface area contributed by atoms with Crippen LogP contribution in [0, 0.1) is 11.7 Å². The number of rotatable bonds is 7. The summed E-state index contributed by atoms with van der Waals surface area (Å²) >= 11 is 0. The van der Waals surface area contributed by atoms with Crippen molar-refractivity contribution in [3.63, 3.8) is 0 Å². The molecule has 1 aliphatic heterocycles. The van der Waals surface area contributed by atoms with Gasteiger partial charge in [0.25, 0.3) is 5.91 Å². The number of hydrogen-bond acceptors (Lipinski definition) is 6. The second kappa shape index (κ2) is 7.99. The summed E-state index contributed by atoms with van der Waals surface area (Å²) in [6.45, 7) is 0.369. The summed E-state index contributed by atoms with van der Waals surface area (Å²) in [6, 6.07) is 6.34. The molecule has 9 heteroatoms. The highest BCUT2D eigenvalue weighted by Crippen LogP contribution is 2.41. The number of halogens is 1. The number of aryl methyl sites for hydroxylation is 1. The van der Waals surface area contributed by atoms with E-state index in [0.29, 0.717) is 40.6 Å². The first-order valence-electron chi connectivity index (χ1n) is 10.8. The molecule has 1 aromatic carbocycles. The van der Waals surface area contributed by atoms with Crippen LogP contribution in [-0.2, 0) is 24.8 Å². The molecule has 1 amide bonds. The van der Waals surface area contributed by atoms with Crippen molar-refractivity contribution in [1.29, 1.82) is 0 Å². The van der Waals surface area contributed by atoms with E-state index in [9.17, 15) is 14.0 Å². The number of ketones is 1. The van der Waals surface area contributed by atoms with Crippen LogP contribution < -0.4 is 10.1 Å². The number of ether oxygens (including phenoxy) is 1. The van der Waals surface area contributed by atoms with Gasteiger partial charge in [-0.3, -0.25) is 19.3 Å². The number of fused-ring (bicyclic) bond motifs is 1. The van der Waals surface area contributed by atoms with Crippen LogP contribution in [0.25, 0.3) is 11.3 Å². The number of amides is 1. The molecule has 1 fully saturated rings. The van der Waals surface area contributed by atoms with Crippen LogP contribution in [0.2, 0.25) is 0 Å². The normalized spacial score (nSPS) is 15.0. The summed E-state index contributed by atoms with van der Waals surface area (Å²) in [5, 5.41) is 7.56. The molecule has 1 saturated carbocycles. The third kappa shape index (κ3) is 3.83. The van der Waals surface area contributed by atoms with Gasteiger partial charge in [-0.1, -0.05) is 0 Å². The molecule has 1 aliphatic carbocycles. The quantitative estimate of drug-likeness (QED) is 0.594. The van der Waals surface area contributed by atoms with E-state index in [0.717, 1.165) is 12.8 Å². The van der Waals surface area contributed by atoms with Crippen molar-refractivity contribution in [3.8, 4) is 17.0 Å². The standard InChI is InChI=1S/C24H24FN5O3/c1-29-12-19-22(24(29)32)18(10-14(26-19)11-20(31)13-4-5-13)27-17-7-6-15(25)21(23(17)33-3)16-8-9-30(2)28-16/h6-10,13H,4-5,11-12H2,1-3H3,(H,26,27). The summed E-state index contributed by atoms with van der Waals surface area (Å²) < 4.78 is 22.0. The minimum atomic E-state index is -0.470. The number of aromatic nitrogens is 3. The van der Waals surface area contributed by atoms with E-state index < -0.39 is 5.82 Å². The molecule has 170 valence electrons. The number of anilines is 2. The third-order valence-corrected chi connectivity index (χ3v) is 6.03. The molecule has 0 spiro atoms. The highest BCUT2D eigenvalue weighted by Gasteiger charge is 2.33. The summed E-state index contributed by atoms with van der Waals surface area (Å²) in [5.41, 5.74) is 3.34. The van der Waals surface area contributed by atoms with Crippen molar-refractivity contribution in [3.05, 3.63) is 53.2 Å². The second-order valence-corrected chi connectivity index (χ2v) is 8.56. The average molecular weight is 449 g/mol. The molecular weight excluding hydrogens is 425 g/mol. The van der Waals surface area contributed by atoms with Gasteiger partial charge in [-0.25, -0.2) is 4.39 Å². The van der Waals surface area contributed by atoms with Gasteiger partial charge in [0, 0.05) is 32.6 Å². The van der Waals surface area contributed by atoms with E-state index in [4.69, 9.17) is 4.74 Å². The number of pyridine rings is 1. The number of nitrogens with zero attached hydrogens (tertiary/aromatic N) is 4. The van der Waals surface area contributed by atoms with Gasteiger partial charge in [0.1, 0.15) is 11.6 Å². The van der Waals surface area contributed by atoms with Crippen molar-refractivity contribution in [2.24, 2.45) is 13.0 Å². The highest BCUT2D eigenvalue weighted by atomic mass is 19.1. The molecule has 0 saturated heterocycles. The van der Waals surface area contributed by atoms with Gasteiger partial charge in [-0.05, 0) is 37.1 Å². The maximum Gasteiger partial charge on any atom is 0.257 e. The maximum atomic E-state index is 14.8. The van der Waals surface area contributed by atoms with Crippen molar-refractivity contribution in [2.75, 3.05) is 19.5 Å². The lowest BCUT2D eigenvalue weighted by Crippen LogP contribution is -2.18. The van der Waals surface area contributed by atoms with E-state index in [1.807, 2.05) is 0 Å². The monoisotopic (exact) mass is 449 g/mol. The summed E-state index contributed by atoms with van der Waals surface area (Å²) in [6.07, 6.45) is 3.81. The molecule has 0 radical (unpaired) electrons. The Morgan fingerprint density at radius 3 is 2.67 bits per heavy atom. The first kappa shape index (κ1) is 21.1. The fourth-order valence-corrected chi connectivity index (χ4v) is 4.21. The fourth-order valence-electron chi connectivity index (χ4n) is 4.21. The molecule has 5 rings (SSSR count).